The number of aromatic nitrogens is 1. The fourth-order valence-electron chi connectivity index (χ4n) is 4.33. The maximum Gasteiger partial charge on any atom is 0.0494 e. The second kappa shape index (κ2) is 4.48. The highest BCUT2D eigenvalue weighted by atomic mass is 15.0. The first-order chi connectivity index (χ1) is 11.3. The molecule has 1 nitrogen and oxygen atoms in total. The number of hydrogen-bond donors (Lipinski definition) is 0. The second-order valence-electron chi connectivity index (χ2n) is 6.53. The molecule has 0 amide bonds. The third-order valence-electron chi connectivity index (χ3n) is 5.44. The molecule has 1 aromatic heterocycles. The van der Waals surface area contributed by atoms with Crippen LogP contribution < -0.4 is 0 Å². The summed E-state index contributed by atoms with van der Waals surface area (Å²) >= 11 is 0. The van der Waals surface area contributed by atoms with Gasteiger partial charge in [-0.15, -0.1) is 0 Å². The van der Waals surface area contributed by atoms with Crippen molar-refractivity contribution < 1.29 is 0 Å². The Morgan fingerprint density at radius 2 is 1.57 bits per heavy atom. The van der Waals surface area contributed by atoms with E-state index < -0.39 is 0 Å². The van der Waals surface area contributed by atoms with E-state index in [1.807, 2.05) is 0 Å². The second-order valence-corrected chi connectivity index (χ2v) is 6.53. The highest BCUT2D eigenvalue weighted by Gasteiger charge is 2.26. The summed E-state index contributed by atoms with van der Waals surface area (Å²) in [5.41, 5.74) is 8.46. The monoisotopic (exact) mass is 297 g/mol. The van der Waals surface area contributed by atoms with Crippen LogP contribution in [0.5, 0.6) is 0 Å². The van der Waals surface area contributed by atoms with E-state index in [1.165, 1.54) is 44.1 Å². The molecule has 1 heteroatoms. The first-order valence-corrected chi connectivity index (χ1v) is 8.43. The number of nitrogens with zero attached hydrogens (tertiary/aromatic N) is 1. The van der Waals surface area contributed by atoms with Crippen molar-refractivity contribution in [1.82, 2.24) is 4.57 Å². The number of aryl methyl sites for hydroxylation is 1. The minimum absolute atomic E-state index is 0.480. The number of rotatable bonds is 1. The molecule has 4 aromatic rings. The zero-order valence-electron chi connectivity index (χ0n) is 13.5. The molecule has 0 saturated heterocycles. The Morgan fingerprint density at radius 3 is 2.43 bits per heavy atom. The molecule has 0 bridgehead atoms. The topological polar surface area (TPSA) is 4.93 Å². The fourth-order valence-corrected chi connectivity index (χ4v) is 4.33. The van der Waals surface area contributed by atoms with Crippen molar-refractivity contribution in [2.75, 3.05) is 0 Å². The van der Waals surface area contributed by atoms with E-state index >= 15 is 0 Å². The van der Waals surface area contributed by atoms with Crippen molar-refractivity contribution in [2.45, 2.75) is 26.3 Å². The normalized spacial score (nSPS) is 16.0. The van der Waals surface area contributed by atoms with Gasteiger partial charge in [0.1, 0.15) is 0 Å². The van der Waals surface area contributed by atoms with Gasteiger partial charge >= 0.3 is 0 Å². The third kappa shape index (κ3) is 1.57. The van der Waals surface area contributed by atoms with Gasteiger partial charge in [-0.1, -0.05) is 49.4 Å². The summed E-state index contributed by atoms with van der Waals surface area (Å²) in [6, 6.07) is 22.5. The SMILES string of the molecule is CCn1c2ccccc2c2cc3c(cc21)C(C)c1ccccc1-3. The smallest absolute Gasteiger partial charge is 0.0494 e. The number of hydrogen-bond acceptors (Lipinski definition) is 0. The van der Waals surface area contributed by atoms with E-state index in [9.17, 15) is 0 Å². The molecule has 112 valence electrons. The largest absolute Gasteiger partial charge is 0.341 e. The first-order valence-electron chi connectivity index (χ1n) is 8.43. The van der Waals surface area contributed by atoms with Crippen LogP contribution in [0.1, 0.15) is 30.9 Å². The molecule has 3 aromatic carbocycles. The highest BCUT2D eigenvalue weighted by Crippen LogP contribution is 2.47. The van der Waals surface area contributed by atoms with Crippen LogP contribution in [0.4, 0.5) is 0 Å². The molecule has 5 rings (SSSR count). The standard InChI is InChI=1S/C22H19N/c1-3-23-21-11-7-6-10-17(21)20-12-19-16-9-5-4-8-15(16)14(2)18(19)13-22(20)23/h4-14H,3H2,1-2H3. The van der Waals surface area contributed by atoms with Gasteiger partial charge in [0.25, 0.3) is 0 Å². The van der Waals surface area contributed by atoms with Gasteiger partial charge in [-0.05, 0) is 47.4 Å². The molecule has 0 aliphatic heterocycles. The summed E-state index contributed by atoms with van der Waals surface area (Å²) in [7, 11) is 0. The van der Waals surface area contributed by atoms with Crippen LogP contribution in [-0.4, -0.2) is 4.57 Å². The lowest BCUT2D eigenvalue weighted by atomic mass is 9.98. The molecule has 0 radical (unpaired) electrons. The van der Waals surface area contributed by atoms with Crippen LogP contribution in [0, 0.1) is 0 Å². The van der Waals surface area contributed by atoms with E-state index in [4.69, 9.17) is 0 Å². The molecule has 1 atom stereocenters. The van der Waals surface area contributed by atoms with Crippen molar-refractivity contribution in [3.8, 4) is 11.1 Å². The lowest BCUT2D eigenvalue weighted by Crippen LogP contribution is -1.95. The molecular formula is C22H19N. The van der Waals surface area contributed by atoms with Gasteiger partial charge in [0.15, 0.2) is 0 Å². The van der Waals surface area contributed by atoms with Gasteiger partial charge in [-0.3, -0.25) is 0 Å². The molecule has 1 heterocycles. The molecule has 0 fully saturated rings. The van der Waals surface area contributed by atoms with Gasteiger partial charge in [-0.25, -0.2) is 0 Å². The summed E-state index contributed by atoms with van der Waals surface area (Å²) in [6.45, 7) is 5.57. The Balaban J connectivity index is 1.95. The Bertz CT molecular complexity index is 1070. The summed E-state index contributed by atoms with van der Waals surface area (Å²) in [5.74, 6) is 0.480. The van der Waals surface area contributed by atoms with E-state index in [1.54, 1.807) is 0 Å². The van der Waals surface area contributed by atoms with Crippen LogP contribution in [0.2, 0.25) is 0 Å². The van der Waals surface area contributed by atoms with Gasteiger partial charge in [-0.2, -0.15) is 0 Å². The number of benzene rings is 3. The summed E-state index contributed by atoms with van der Waals surface area (Å²) in [5, 5.41) is 2.74. The third-order valence-corrected chi connectivity index (χ3v) is 5.44. The van der Waals surface area contributed by atoms with Crippen LogP contribution in [-0.2, 0) is 6.54 Å². The van der Waals surface area contributed by atoms with E-state index in [0.717, 1.165) is 6.54 Å². The first kappa shape index (κ1) is 13.0. The van der Waals surface area contributed by atoms with E-state index in [0.29, 0.717) is 5.92 Å². The van der Waals surface area contributed by atoms with Crippen LogP contribution in [0.3, 0.4) is 0 Å². The quantitative estimate of drug-likeness (QED) is 0.409. The minimum Gasteiger partial charge on any atom is -0.341 e. The van der Waals surface area contributed by atoms with Crippen molar-refractivity contribution in [3.05, 3.63) is 71.8 Å². The molecule has 1 unspecified atom stereocenters. The summed E-state index contributed by atoms with van der Waals surface area (Å²) in [6.07, 6.45) is 0. The molecule has 0 spiro atoms. The van der Waals surface area contributed by atoms with Crippen molar-refractivity contribution in [2.24, 2.45) is 0 Å². The predicted molar refractivity (Wildman–Crippen MR) is 98.1 cm³/mol. The van der Waals surface area contributed by atoms with E-state index in [2.05, 4.69) is 79.1 Å². The number of fused-ring (bicyclic) bond motifs is 6. The maximum atomic E-state index is 2.45. The summed E-state index contributed by atoms with van der Waals surface area (Å²) in [4.78, 5) is 0. The Morgan fingerprint density at radius 1 is 0.783 bits per heavy atom. The number of para-hydroxylation sites is 1. The minimum atomic E-state index is 0.480. The summed E-state index contributed by atoms with van der Waals surface area (Å²) < 4.78 is 2.45. The van der Waals surface area contributed by atoms with Gasteiger partial charge in [0, 0.05) is 34.3 Å². The molecular weight excluding hydrogens is 278 g/mol. The van der Waals surface area contributed by atoms with Crippen molar-refractivity contribution in [3.63, 3.8) is 0 Å². The lowest BCUT2D eigenvalue weighted by molar-refractivity contribution is 0.825. The average molecular weight is 297 g/mol. The Kier molecular flexibility index (Phi) is 2.52. The molecule has 0 saturated carbocycles. The van der Waals surface area contributed by atoms with Crippen molar-refractivity contribution >= 4 is 21.8 Å². The maximum absolute atomic E-state index is 2.45. The van der Waals surface area contributed by atoms with Gasteiger partial charge in [0.05, 0.1) is 0 Å². The molecule has 0 N–H and O–H groups in total. The predicted octanol–water partition coefficient (Wildman–Crippen LogP) is 5.95. The van der Waals surface area contributed by atoms with Crippen LogP contribution in [0.15, 0.2) is 60.7 Å². The van der Waals surface area contributed by atoms with Gasteiger partial charge in [0.2, 0.25) is 0 Å². The highest BCUT2D eigenvalue weighted by molar-refractivity contribution is 6.10. The van der Waals surface area contributed by atoms with Crippen LogP contribution in [0.25, 0.3) is 32.9 Å². The molecule has 1 aliphatic rings. The Labute approximate surface area is 136 Å². The Hall–Kier alpha value is -2.54. The molecule has 1 aliphatic carbocycles. The average Bonchev–Trinajstić information content (AvgIpc) is 3.06. The molecule has 23 heavy (non-hydrogen) atoms. The van der Waals surface area contributed by atoms with Gasteiger partial charge < -0.3 is 4.57 Å². The van der Waals surface area contributed by atoms with Crippen molar-refractivity contribution in [1.29, 1.82) is 0 Å². The fraction of sp³-hybridized carbons (Fsp3) is 0.182. The zero-order chi connectivity index (χ0) is 15.6. The van der Waals surface area contributed by atoms with E-state index in [-0.39, 0.29) is 0 Å². The lowest BCUT2D eigenvalue weighted by Gasteiger charge is -2.08. The zero-order valence-corrected chi connectivity index (χ0v) is 13.5. The van der Waals surface area contributed by atoms with Crippen LogP contribution >= 0.6 is 0 Å².